The fraction of sp³-hybridized carbons (Fsp3) is 0.389. The Kier molecular flexibility index (Phi) is 3.29. The van der Waals surface area contributed by atoms with Crippen LogP contribution in [0, 0.1) is 6.92 Å². The summed E-state index contributed by atoms with van der Waals surface area (Å²) < 4.78 is 5.29. The highest BCUT2D eigenvalue weighted by Crippen LogP contribution is 2.37. The predicted molar refractivity (Wildman–Crippen MR) is 89.6 cm³/mol. The monoisotopic (exact) mass is 308 g/mol. The average Bonchev–Trinajstić information content (AvgIpc) is 2.97. The van der Waals surface area contributed by atoms with Crippen molar-refractivity contribution in [2.24, 2.45) is 0 Å². The minimum atomic E-state index is 0.127. The highest BCUT2D eigenvalue weighted by molar-refractivity contribution is 5.87. The van der Waals surface area contributed by atoms with Crippen LogP contribution in [0.5, 0.6) is 0 Å². The number of piperidine rings is 1. The van der Waals surface area contributed by atoms with Gasteiger partial charge in [0.25, 0.3) is 5.71 Å². The third-order valence-corrected chi connectivity index (χ3v) is 4.89. The molecule has 0 radical (unpaired) electrons. The van der Waals surface area contributed by atoms with E-state index in [4.69, 9.17) is 4.52 Å². The maximum atomic E-state index is 5.29. The molecule has 1 saturated heterocycles. The van der Waals surface area contributed by atoms with Gasteiger partial charge in [-0.1, -0.05) is 42.4 Å². The SMILES string of the molecule is Cc1noc2ncnc(N3CCC[C@@](C)(c4ccccc4)C3)c12. The van der Waals surface area contributed by atoms with Crippen LogP contribution in [0.1, 0.15) is 31.0 Å². The van der Waals surface area contributed by atoms with Crippen molar-refractivity contribution in [1.29, 1.82) is 0 Å². The van der Waals surface area contributed by atoms with Crippen LogP contribution in [0.3, 0.4) is 0 Å². The normalized spacial score (nSPS) is 21.7. The van der Waals surface area contributed by atoms with Crippen molar-refractivity contribution in [3.8, 4) is 0 Å². The van der Waals surface area contributed by atoms with Crippen LogP contribution in [-0.2, 0) is 5.41 Å². The second-order valence-corrected chi connectivity index (χ2v) is 6.60. The molecular weight excluding hydrogens is 288 g/mol. The van der Waals surface area contributed by atoms with Crippen LogP contribution in [0.4, 0.5) is 5.82 Å². The van der Waals surface area contributed by atoms with E-state index in [-0.39, 0.29) is 5.41 Å². The fourth-order valence-corrected chi connectivity index (χ4v) is 3.64. The van der Waals surface area contributed by atoms with Gasteiger partial charge in [-0.25, -0.2) is 4.98 Å². The van der Waals surface area contributed by atoms with Gasteiger partial charge in [0.05, 0.1) is 5.69 Å². The first-order valence-corrected chi connectivity index (χ1v) is 8.05. The van der Waals surface area contributed by atoms with Crippen molar-refractivity contribution in [2.75, 3.05) is 18.0 Å². The Morgan fingerprint density at radius 2 is 2.00 bits per heavy atom. The zero-order chi connectivity index (χ0) is 15.9. The summed E-state index contributed by atoms with van der Waals surface area (Å²) in [6.07, 6.45) is 3.89. The number of hydrogen-bond acceptors (Lipinski definition) is 5. The van der Waals surface area contributed by atoms with Gasteiger partial charge in [-0.2, -0.15) is 4.98 Å². The molecule has 118 valence electrons. The lowest BCUT2D eigenvalue weighted by molar-refractivity contribution is 0.372. The van der Waals surface area contributed by atoms with Gasteiger partial charge < -0.3 is 9.42 Å². The van der Waals surface area contributed by atoms with Gasteiger partial charge in [0.2, 0.25) is 0 Å². The molecule has 5 nitrogen and oxygen atoms in total. The highest BCUT2D eigenvalue weighted by atomic mass is 16.5. The number of nitrogens with zero attached hydrogens (tertiary/aromatic N) is 4. The summed E-state index contributed by atoms with van der Waals surface area (Å²) in [6.45, 7) is 6.22. The maximum absolute atomic E-state index is 5.29. The Bertz CT molecular complexity index is 829. The molecule has 0 bridgehead atoms. The summed E-state index contributed by atoms with van der Waals surface area (Å²) in [5.74, 6) is 0.940. The first kappa shape index (κ1) is 14.2. The lowest BCUT2D eigenvalue weighted by atomic mass is 9.76. The second kappa shape index (κ2) is 5.33. The van der Waals surface area contributed by atoms with E-state index in [0.717, 1.165) is 36.4 Å². The smallest absolute Gasteiger partial charge is 0.263 e. The van der Waals surface area contributed by atoms with Crippen molar-refractivity contribution < 1.29 is 4.52 Å². The number of hydrogen-bond donors (Lipinski definition) is 0. The molecule has 5 heteroatoms. The number of aromatic nitrogens is 3. The molecule has 0 saturated carbocycles. The van der Waals surface area contributed by atoms with Crippen molar-refractivity contribution in [2.45, 2.75) is 32.1 Å². The van der Waals surface area contributed by atoms with Crippen LogP contribution in [0.15, 0.2) is 41.2 Å². The largest absolute Gasteiger partial charge is 0.355 e. The molecule has 0 amide bonds. The third kappa shape index (κ3) is 2.36. The van der Waals surface area contributed by atoms with E-state index in [1.165, 1.54) is 12.0 Å². The Morgan fingerprint density at radius 1 is 1.17 bits per heavy atom. The summed E-state index contributed by atoms with van der Waals surface area (Å²) >= 11 is 0. The van der Waals surface area contributed by atoms with Gasteiger partial charge in [-0.05, 0) is 25.3 Å². The standard InChI is InChI=1S/C18H20N4O/c1-13-15-16(19-12-20-17(15)23-21-13)22-10-6-9-18(2,11-22)14-7-4-3-5-8-14/h3-5,7-8,12H,6,9-11H2,1-2H3/t18-/m1/s1. The van der Waals surface area contributed by atoms with E-state index in [2.05, 4.69) is 57.3 Å². The lowest BCUT2D eigenvalue weighted by Crippen LogP contribution is -2.44. The first-order valence-electron chi connectivity index (χ1n) is 8.05. The predicted octanol–water partition coefficient (Wildman–Crippen LogP) is 3.48. The molecule has 1 aromatic carbocycles. The summed E-state index contributed by atoms with van der Waals surface area (Å²) in [4.78, 5) is 11.1. The van der Waals surface area contributed by atoms with E-state index >= 15 is 0 Å². The van der Waals surface area contributed by atoms with E-state index in [1.807, 2.05) is 6.92 Å². The van der Waals surface area contributed by atoms with Crippen molar-refractivity contribution >= 4 is 16.9 Å². The molecule has 1 aliphatic rings. The van der Waals surface area contributed by atoms with Crippen molar-refractivity contribution in [1.82, 2.24) is 15.1 Å². The van der Waals surface area contributed by atoms with Gasteiger partial charge in [0.1, 0.15) is 17.5 Å². The summed E-state index contributed by atoms with van der Waals surface area (Å²) in [6, 6.07) is 10.8. The Labute approximate surface area is 135 Å². The second-order valence-electron chi connectivity index (χ2n) is 6.60. The van der Waals surface area contributed by atoms with Crippen LogP contribution in [0.2, 0.25) is 0 Å². The van der Waals surface area contributed by atoms with Crippen LogP contribution >= 0.6 is 0 Å². The van der Waals surface area contributed by atoms with E-state index < -0.39 is 0 Å². The van der Waals surface area contributed by atoms with Gasteiger partial charge in [-0.15, -0.1) is 0 Å². The fourth-order valence-electron chi connectivity index (χ4n) is 3.64. The molecule has 0 unspecified atom stereocenters. The number of rotatable bonds is 2. The number of benzene rings is 1. The third-order valence-electron chi connectivity index (χ3n) is 4.89. The van der Waals surface area contributed by atoms with Gasteiger partial charge >= 0.3 is 0 Å². The lowest BCUT2D eigenvalue weighted by Gasteiger charge is -2.41. The molecule has 4 rings (SSSR count). The molecule has 0 aliphatic carbocycles. The maximum Gasteiger partial charge on any atom is 0.263 e. The van der Waals surface area contributed by atoms with E-state index in [1.54, 1.807) is 6.33 Å². The summed E-state index contributed by atoms with van der Waals surface area (Å²) in [7, 11) is 0. The molecular formula is C18H20N4O. The van der Waals surface area contributed by atoms with Crippen LogP contribution < -0.4 is 4.90 Å². The summed E-state index contributed by atoms with van der Waals surface area (Å²) in [5, 5.41) is 4.98. The Hall–Kier alpha value is -2.43. The van der Waals surface area contributed by atoms with Crippen LogP contribution in [-0.4, -0.2) is 28.2 Å². The minimum absolute atomic E-state index is 0.127. The zero-order valence-corrected chi connectivity index (χ0v) is 13.5. The number of fused-ring (bicyclic) bond motifs is 1. The molecule has 3 aromatic rings. The number of anilines is 1. The molecule has 1 aliphatic heterocycles. The van der Waals surface area contributed by atoms with E-state index in [0.29, 0.717) is 5.71 Å². The summed E-state index contributed by atoms with van der Waals surface area (Å²) in [5.41, 5.74) is 2.93. The molecule has 0 N–H and O–H groups in total. The quantitative estimate of drug-likeness (QED) is 0.725. The average molecular weight is 308 g/mol. The minimum Gasteiger partial charge on any atom is -0.355 e. The highest BCUT2D eigenvalue weighted by Gasteiger charge is 2.34. The van der Waals surface area contributed by atoms with Crippen molar-refractivity contribution in [3.05, 3.63) is 47.9 Å². The molecule has 23 heavy (non-hydrogen) atoms. The molecule has 1 fully saturated rings. The topological polar surface area (TPSA) is 55.1 Å². The van der Waals surface area contributed by atoms with Gasteiger partial charge in [0.15, 0.2) is 0 Å². The Balaban J connectivity index is 1.73. The zero-order valence-electron chi connectivity index (χ0n) is 13.5. The molecule has 2 aromatic heterocycles. The van der Waals surface area contributed by atoms with E-state index in [9.17, 15) is 0 Å². The molecule has 1 atom stereocenters. The van der Waals surface area contributed by atoms with Gasteiger partial charge in [-0.3, -0.25) is 0 Å². The van der Waals surface area contributed by atoms with Gasteiger partial charge in [0, 0.05) is 18.5 Å². The Morgan fingerprint density at radius 3 is 2.83 bits per heavy atom. The van der Waals surface area contributed by atoms with Crippen molar-refractivity contribution in [3.63, 3.8) is 0 Å². The molecule has 0 spiro atoms. The van der Waals surface area contributed by atoms with Crippen LogP contribution in [0.25, 0.3) is 11.1 Å². The number of aryl methyl sites for hydroxylation is 1. The molecule has 3 heterocycles. The first-order chi connectivity index (χ1) is 11.2.